The van der Waals surface area contributed by atoms with Gasteiger partial charge in [0.05, 0.1) is 6.10 Å². The third-order valence-corrected chi connectivity index (χ3v) is 6.85. The fourth-order valence-corrected chi connectivity index (χ4v) is 4.65. The summed E-state index contributed by atoms with van der Waals surface area (Å²) in [4.78, 5) is 30.8. The fraction of sp³-hybridized carbons (Fsp3) is 0.679. The van der Waals surface area contributed by atoms with E-state index in [1.165, 1.54) is 0 Å². The molecule has 3 atom stereocenters. The van der Waals surface area contributed by atoms with E-state index >= 15 is 0 Å². The van der Waals surface area contributed by atoms with Gasteiger partial charge in [-0.3, -0.25) is 14.6 Å². The standard InChI is InChI=1S/C28H44N2O3/c1-3-4-7-13-25(31)18-16-23-17-19-27(32)26(23)14-8-5-6-9-15-28(33)30(2)22-20-24-12-10-11-21-29-24/h10-12,16,18,21,23,25-26,31H,3-9,13-15,17,19-20,22H2,1-2H3/b18-16+/t23-,25-,26+/m0/s1. The van der Waals surface area contributed by atoms with Gasteiger partial charge in [0.15, 0.2) is 0 Å². The zero-order chi connectivity index (χ0) is 23.9. The van der Waals surface area contributed by atoms with Crippen molar-refractivity contribution < 1.29 is 14.7 Å². The number of rotatable bonds is 16. The Morgan fingerprint density at radius 2 is 2.03 bits per heavy atom. The lowest BCUT2D eigenvalue weighted by Crippen LogP contribution is -2.28. The summed E-state index contributed by atoms with van der Waals surface area (Å²) < 4.78 is 0. The Balaban J connectivity index is 1.58. The Morgan fingerprint density at radius 3 is 2.79 bits per heavy atom. The van der Waals surface area contributed by atoms with Crippen LogP contribution in [-0.4, -0.2) is 46.4 Å². The third kappa shape index (κ3) is 10.6. The van der Waals surface area contributed by atoms with Crippen molar-refractivity contribution in [2.45, 2.75) is 96.5 Å². The van der Waals surface area contributed by atoms with Crippen LogP contribution in [0, 0.1) is 11.8 Å². The highest BCUT2D eigenvalue weighted by Crippen LogP contribution is 2.34. The summed E-state index contributed by atoms with van der Waals surface area (Å²) in [5, 5.41) is 10.1. The fourth-order valence-electron chi connectivity index (χ4n) is 4.65. The summed E-state index contributed by atoms with van der Waals surface area (Å²) >= 11 is 0. The molecule has 2 rings (SSSR count). The summed E-state index contributed by atoms with van der Waals surface area (Å²) in [6.07, 6.45) is 17.5. The highest BCUT2D eigenvalue weighted by molar-refractivity contribution is 5.83. The van der Waals surface area contributed by atoms with E-state index < -0.39 is 0 Å². The van der Waals surface area contributed by atoms with E-state index in [1.807, 2.05) is 31.3 Å². The molecule has 1 heterocycles. The number of nitrogens with zero attached hydrogens (tertiary/aromatic N) is 2. The molecule has 33 heavy (non-hydrogen) atoms. The summed E-state index contributed by atoms with van der Waals surface area (Å²) in [6.45, 7) is 2.86. The number of hydrogen-bond donors (Lipinski definition) is 1. The van der Waals surface area contributed by atoms with E-state index in [0.717, 1.165) is 76.3 Å². The van der Waals surface area contributed by atoms with Crippen molar-refractivity contribution in [2.24, 2.45) is 11.8 Å². The number of ketones is 1. The van der Waals surface area contributed by atoms with Crippen molar-refractivity contribution in [3.8, 4) is 0 Å². The Hall–Kier alpha value is -2.01. The molecule has 1 aliphatic rings. The predicted octanol–water partition coefficient (Wildman–Crippen LogP) is 5.52. The first-order valence-corrected chi connectivity index (χ1v) is 13.0. The summed E-state index contributed by atoms with van der Waals surface area (Å²) in [7, 11) is 1.87. The van der Waals surface area contributed by atoms with Gasteiger partial charge in [0, 0.05) is 50.7 Å². The van der Waals surface area contributed by atoms with Crippen LogP contribution in [0.15, 0.2) is 36.5 Å². The first-order chi connectivity index (χ1) is 16.0. The van der Waals surface area contributed by atoms with Crippen LogP contribution in [0.5, 0.6) is 0 Å². The summed E-state index contributed by atoms with van der Waals surface area (Å²) in [5.74, 6) is 0.977. The molecule has 0 bridgehead atoms. The van der Waals surface area contributed by atoms with Gasteiger partial charge in [-0.05, 0) is 43.7 Å². The van der Waals surface area contributed by atoms with Crippen molar-refractivity contribution in [3.63, 3.8) is 0 Å². The maximum absolute atomic E-state index is 12.3. The molecule has 0 radical (unpaired) electrons. The van der Waals surface area contributed by atoms with Crippen LogP contribution in [0.25, 0.3) is 0 Å². The lowest BCUT2D eigenvalue weighted by molar-refractivity contribution is -0.130. The Kier molecular flexibility index (Phi) is 13.0. The largest absolute Gasteiger partial charge is 0.389 e. The van der Waals surface area contributed by atoms with Crippen LogP contribution in [0.4, 0.5) is 0 Å². The molecule has 0 spiro atoms. The van der Waals surface area contributed by atoms with Gasteiger partial charge in [0.25, 0.3) is 0 Å². The number of aliphatic hydroxyl groups is 1. The highest BCUT2D eigenvalue weighted by Gasteiger charge is 2.32. The van der Waals surface area contributed by atoms with Gasteiger partial charge in [-0.2, -0.15) is 0 Å². The minimum absolute atomic E-state index is 0.114. The van der Waals surface area contributed by atoms with Crippen molar-refractivity contribution in [1.82, 2.24) is 9.88 Å². The van der Waals surface area contributed by atoms with Gasteiger partial charge in [0.2, 0.25) is 5.91 Å². The number of carbonyl (C=O) groups is 2. The van der Waals surface area contributed by atoms with Crippen LogP contribution in [0.1, 0.15) is 89.7 Å². The Bertz CT molecular complexity index is 719. The van der Waals surface area contributed by atoms with Crippen LogP contribution in [0.3, 0.4) is 0 Å². The van der Waals surface area contributed by atoms with Crippen LogP contribution >= 0.6 is 0 Å². The second-order valence-corrected chi connectivity index (χ2v) is 9.56. The average molecular weight is 457 g/mol. The number of allylic oxidation sites excluding steroid dienone is 1. The molecule has 0 saturated heterocycles. The molecular formula is C28H44N2O3. The first-order valence-electron chi connectivity index (χ1n) is 13.0. The lowest BCUT2D eigenvalue weighted by Gasteiger charge is -2.17. The maximum atomic E-state index is 12.3. The summed E-state index contributed by atoms with van der Waals surface area (Å²) in [6, 6.07) is 5.86. The highest BCUT2D eigenvalue weighted by atomic mass is 16.3. The zero-order valence-corrected chi connectivity index (χ0v) is 20.8. The number of aliphatic hydroxyl groups excluding tert-OH is 1. The zero-order valence-electron chi connectivity index (χ0n) is 20.8. The predicted molar refractivity (Wildman–Crippen MR) is 134 cm³/mol. The topological polar surface area (TPSA) is 70.5 Å². The van der Waals surface area contributed by atoms with E-state index in [2.05, 4.69) is 18.0 Å². The van der Waals surface area contributed by atoms with Gasteiger partial charge in [-0.25, -0.2) is 0 Å². The molecule has 0 unspecified atom stereocenters. The molecule has 1 saturated carbocycles. The van der Waals surface area contributed by atoms with Gasteiger partial charge >= 0.3 is 0 Å². The van der Waals surface area contributed by atoms with Crippen molar-refractivity contribution in [2.75, 3.05) is 13.6 Å². The van der Waals surface area contributed by atoms with E-state index in [0.29, 0.717) is 25.2 Å². The molecule has 0 aromatic carbocycles. The monoisotopic (exact) mass is 456 g/mol. The molecule has 184 valence electrons. The lowest BCUT2D eigenvalue weighted by atomic mass is 9.89. The van der Waals surface area contributed by atoms with E-state index in [-0.39, 0.29) is 23.8 Å². The molecule has 1 amide bonds. The Labute approximate surface area is 200 Å². The first kappa shape index (κ1) is 27.2. The van der Waals surface area contributed by atoms with E-state index in [4.69, 9.17) is 0 Å². The van der Waals surface area contributed by atoms with Gasteiger partial charge in [-0.1, -0.05) is 63.7 Å². The molecule has 1 aliphatic carbocycles. The SMILES string of the molecule is CCCCC[C@H](O)/C=C/[C@H]1CCC(=O)[C@@H]1CCCCCCC(=O)N(C)CCc1ccccn1. The molecule has 5 heteroatoms. The number of unbranched alkanes of at least 4 members (excludes halogenated alkanes) is 5. The molecule has 1 N–H and O–H groups in total. The van der Waals surface area contributed by atoms with Gasteiger partial charge in [0.1, 0.15) is 5.78 Å². The third-order valence-electron chi connectivity index (χ3n) is 6.85. The number of Topliss-reactive ketones (excluding diaryl/α,β-unsaturated/α-hetero) is 1. The van der Waals surface area contributed by atoms with Crippen LogP contribution in [-0.2, 0) is 16.0 Å². The molecular weight excluding hydrogens is 412 g/mol. The summed E-state index contributed by atoms with van der Waals surface area (Å²) in [5.41, 5.74) is 1.01. The van der Waals surface area contributed by atoms with Crippen molar-refractivity contribution >= 4 is 11.7 Å². The normalized spacial score (nSPS) is 19.3. The number of aromatic nitrogens is 1. The number of amides is 1. The molecule has 1 aromatic heterocycles. The van der Waals surface area contributed by atoms with Crippen molar-refractivity contribution in [3.05, 3.63) is 42.2 Å². The van der Waals surface area contributed by atoms with Gasteiger partial charge in [-0.15, -0.1) is 0 Å². The Morgan fingerprint density at radius 1 is 1.21 bits per heavy atom. The van der Waals surface area contributed by atoms with E-state index in [9.17, 15) is 14.7 Å². The number of hydrogen-bond acceptors (Lipinski definition) is 4. The molecule has 0 aliphatic heterocycles. The van der Waals surface area contributed by atoms with E-state index in [1.54, 1.807) is 11.1 Å². The van der Waals surface area contributed by atoms with Crippen LogP contribution < -0.4 is 0 Å². The number of pyridine rings is 1. The minimum atomic E-state index is -0.382. The molecule has 1 aromatic rings. The second kappa shape index (κ2) is 15.8. The quantitative estimate of drug-likeness (QED) is 0.263. The molecule has 5 nitrogen and oxygen atoms in total. The van der Waals surface area contributed by atoms with Gasteiger partial charge < -0.3 is 10.0 Å². The maximum Gasteiger partial charge on any atom is 0.222 e. The number of carbonyl (C=O) groups excluding carboxylic acids is 2. The number of likely N-dealkylation sites (N-methyl/N-ethyl adjacent to an activating group) is 1. The van der Waals surface area contributed by atoms with Crippen LogP contribution in [0.2, 0.25) is 0 Å². The smallest absolute Gasteiger partial charge is 0.222 e. The van der Waals surface area contributed by atoms with Crippen molar-refractivity contribution in [1.29, 1.82) is 0 Å². The molecule has 1 fully saturated rings. The second-order valence-electron chi connectivity index (χ2n) is 9.56. The minimum Gasteiger partial charge on any atom is -0.389 e. The average Bonchev–Trinajstić information content (AvgIpc) is 3.18.